The first-order chi connectivity index (χ1) is 12.3. The Hall–Kier alpha value is -2.35. The second kappa shape index (κ2) is 9.96. The summed E-state index contributed by atoms with van der Waals surface area (Å²) in [5.41, 5.74) is 6.35. The minimum atomic E-state index is -0.673. The van der Waals surface area contributed by atoms with Crippen molar-refractivity contribution in [2.75, 3.05) is 34.9 Å². The highest BCUT2D eigenvalue weighted by Crippen LogP contribution is 2.26. The number of nitrogens with two attached hydrogens (primary N) is 1. The van der Waals surface area contributed by atoms with Crippen LogP contribution in [0.5, 0.6) is 0 Å². The van der Waals surface area contributed by atoms with Crippen LogP contribution >= 0.6 is 0 Å². The number of unbranched alkanes of at least 4 members (excludes halogenated alkanes) is 3. The summed E-state index contributed by atoms with van der Waals surface area (Å²) >= 11 is 0. The number of hydrogen-bond donors (Lipinski definition) is 1. The zero-order valence-corrected chi connectivity index (χ0v) is 16.3. The van der Waals surface area contributed by atoms with E-state index >= 15 is 0 Å². The van der Waals surface area contributed by atoms with Crippen molar-refractivity contribution in [3.63, 3.8) is 0 Å². The molecule has 146 valence electrons. The first-order valence-corrected chi connectivity index (χ1v) is 8.63. The minimum absolute atomic E-state index is 0.0564. The molecule has 8 nitrogen and oxygen atoms in total. The number of ether oxygens (including phenoxy) is 2. The van der Waals surface area contributed by atoms with Gasteiger partial charge in [0.2, 0.25) is 0 Å². The first kappa shape index (κ1) is 21.7. The van der Waals surface area contributed by atoms with E-state index < -0.39 is 11.9 Å². The minimum Gasteiger partial charge on any atom is -0.465 e. The number of nitrogens with zero attached hydrogens (tertiary/aromatic N) is 2. The Balaban J connectivity index is 3.46. The number of aromatic nitrogens is 1. The lowest BCUT2D eigenvalue weighted by molar-refractivity contribution is 0.0546. The molecule has 1 rings (SSSR count). The standard InChI is InChI=1S/C18H29N3O5/c1-12-13(17(23)25-4)15(18(24)26-5)21(11-9-7-6-8-10-19)14(12)16(22)20(2)3/h6-11,19H2,1-5H3. The summed E-state index contributed by atoms with van der Waals surface area (Å²) in [5.74, 6) is -1.63. The third-order valence-electron chi connectivity index (χ3n) is 4.22. The SMILES string of the molecule is COC(=O)c1c(C)c(C(=O)N(C)C)n(CCCCCCN)c1C(=O)OC. The van der Waals surface area contributed by atoms with E-state index in [1.54, 1.807) is 25.6 Å². The van der Waals surface area contributed by atoms with Gasteiger partial charge < -0.3 is 24.7 Å². The highest BCUT2D eigenvalue weighted by atomic mass is 16.5. The van der Waals surface area contributed by atoms with Crippen LogP contribution in [0.3, 0.4) is 0 Å². The van der Waals surface area contributed by atoms with Gasteiger partial charge in [-0.25, -0.2) is 9.59 Å². The number of amides is 1. The summed E-state index contributed by atoms with van der Waals surface area (Å²) in [6.07, 6.45) is 3.53. The number of hydrogen-bond acceptors (Lipinski definition) is 6. The van der Waals surface area contributed by atoms with E-state index in [0.29, 0.717) is 24.3 Å². The topological polar surface area (TPSA) is 104 Å². The van der Waals surface area contributed by atoms with Gasteiger partial charge in [0, 0.05) is 20.6 Å². The lowest BCUT2D eigenvalue weighted by Gasteiger charge is -2.16. The lowest BCUT2D eigenvalue weighted by Crippen LogP contribution is -2.26. The third-order valence-corrected chi connectivity index (χ3v) is 4.22. The molecular weight excluding hydrogens is 338 g/mol. The van der Waals surface area contributed by atoms with Gasteiger partial charge in [-0.3, -0.25) is 4.79 Å². The van der Waals surface area contributed by atoms with E-state index in [-0.39, 0.29) is 17.2 Å². The number of rotatable bonds is 9. The van der Waals surface area contributed by atoms with E-state index in [2.05, 4.69) is 0 Å². The first-order valence-electron chi connectivity index (χ1n) is 8.63. The number of carbonyl (C=O) groups excluding carboxylic acids is 3. The van der Waals surface area contributed by atoms with Gasteiger partial charge in [0.25, 0.3) is 5.91 Å². The molecule has 0 saturated heterocycles. The van der Waals surface area contributed by atoms with Crippen LogP contribution in [-0.2, 0) is 16.0 Å². The number of esters is 2. The molecule has 0 radical (unpaired) electrons. The maximum Gasteiger partial charge on any atom is 0.355 e. The van der Waals surface area contributed by atoms with Crippen molar-refractivity contribution in [1.29, 1.82) is 0 Å². The Morgan fingerprint density at radius 3 is 2.04 bits per heavy atom. The average molecular weight is 367 g/mol. The summed E-state index contributed by atoms with van der Waals surface area (Å²) < 4.78 is 11.3. The van der Waals surface area contributed by atoms with Gasteiger partial charge in [-0.05, 0) is 31.9 Å². The van der Waals surface area contributed by atoms with Crippen LogP contribution in [0, 0.1) is 6.92 Å². The lowest BCUT2D eigenvalue weighted by atomic mass is 10.1. The summed E-state index contributed by atoms with van der Waals surface area (Å²) in [7, 11) is 5.72. The molecule has 2 N–H and O–H groups in total. The predicted molar refractivity (Wildman–Crippen MR) is 97.4 cm³/mol. The maximum atomic E-state index is 12.7. The van der Waals surface area contributed by atoms with Gasteiger partial charge in [0.05, 0.1) is 19.8 Å². The molecule has 0 fully saturated rings. The molecular formula is C18H29N3O5. The van der Waals surface area contributed by atoms with Crippen LogP contribution in [0.15, 0.2) is 0 Å². The van der Waals surface area contributed by atoms with E-state index in [0.717, 1.165) is 25.7 Å². The maximum absolute atomic E-state index is 12.7. The fourth-order valence-corrected chi connectivity index (χ4v) is 2.89. The van der Waals surface area contributed by atoms with Gasteiger partial charge >= 0.3 is 11.9 Å². The fourth-order valence-electron chi connectivity index (χ4n) is 2.89. The van der Waals surface area contributed by atoms with Crippen LogP contribution in [0.2, 0.25) is 0 Å². The fraction of sp³-hybridized carbons (Fsp3) is 0.611. The van der Waals surface area contributed by atoms with Crippen LogP contribution in [0.4, 0.5) is 0 Å². The molecule has 0 bridgehead atoms. The summed E-state index contributed by atoms with van der Waals surface area (Å²) in [5, 5.41) is 0. The van der Waals surface area contributed by atoms with Crippen molar-refractivity contribution in [1.82, 2.24) is 9.47 Å². The summed E-state index contributed by atoms with van der Waals surface area (Å²) in [6, 6.07) is 0. The molecule has 1 amide bonds. The van der Waals surface area contributed by atoms with Crippen molar-refractivity contribution in [3.8, 4) is 0 Å². The average Bonchev–Trinajstić information content (AvgIpc) is 2.91. The molecule has 0 aliphatic carbocycles. The van der Waals surface area contributed by atoms with Crippen molar-refractivity contribution >= 4 is 17.8 Å². The van der Waals surface area contributed by atoms with Crippen molar-refractivity contribution in [2.45, 2.75) is 39.2 Å². The quantitative estimate of drug-likeness (QED) is 0.525. The molecule has 1 aromatic rings. The van der Waals surface area contributed by atoms with Crippen LogP contribution in [-0.4, -0.2) is 62.2 Å². The molecule has 0 aliphatic rings. The van der Waals surface area contributed by atoms with Gasteiger partial charge in [-0.15, -0.1) is 0 Å². The van der Waals surface area contributed by atoms with Crippen LogP contribution in [0.1, 0.15) is 62.6 Å². The van der Waals surface area contributed by atoms with E-state index in [9.17, 15) is 14.4 Å². The Kier molecular flexibility index (Phi) is 8.31. The Morgan fingerprint density at radius 1 is 0.962 bits per heavy atom. The molecule has 0 unspecified atom stereocenters. The van der Waals surface area contributed by atoms with Gasteiger partial charge in [-0.1, -0.05) is 12.8 Å². The summed E-state index contributed by atoms with van der Waals surface area (Å²) in [6.45, 7) is 2.69. The second-order valence-electron chi connectivity index (χ2n) is 6.23. The molecule has 0 spiro atoms. The second-order valence-corrected chi connectivity index (χ2v) is 6.23. The van der Waals surface area contributed by atoms with E-state index in [1.807, 2.05) is 0 Å². The molecule has 0 saturated carbocycles. The smallest absolute Gasteiger partial charge is 0.355 e. The zero-order valence-electron chi connectivity index (χ0n) is 16.3. The largest absolute Gasteiger partial charge is 0.465 e. The van der Waals surface area contributed by atoms with Gasteiger partial charge in [0.15, 0.2) is 0 Å². The Labute approximate surface area is 154 Å². The van der Waals surface area contributed by atoms with Crippen molar-refractivity contribution < 1.29 is 23.9 Å². The molecule has 0 atom stereocenters. The van der Waals surface area contributed by atoms with E-state index in [1.165, 1.54) is 19.1 Å². The number of carbonyl (C=O) groups is 3. The van der Waals surface area contributed by atoms with Gasteiger partial charge in [-0.2, -0.15) is 0 Å². The van der Waals surface area contributed by atoms with Crippen molar-refractivity contribution in [2.24, 2.45) is 5.73 Å². The normalized spacial score (nSPS) is 10.5. The molecule has 0 aliphatic heterocycles. The third kappa shape index (κ3) is 4.63. The highest BCUT2D eigenvalue weighted by molar-refractivity contribution is 6.07. The Morgan fingerprint density at radius 2 is 1.54 bits per heavy atom. The highest BCUT2D eigenvalue weighted by Gasteiger charge is 2.33. The van der Waals surface area contributed by atoms with Crippen LogP contribution in [0.25, 0.3) is 0 Å². The van der Waals surface area contributed by atoms with Crippen LogP contribution < -0.4 is 5.73 Å². The Bertz CT molecular complexity index is 664. The van der Waals surface area contributed by atoms with Gasteiger partial charge in [0.1, 0.15) is 11.4 Å². The molecule has 26 heavy (non-hydrogen) atoms. The zero-order chi connectivity index (χ0) is 19.9. The summed E-state index contributed by atoms with van der Waals surface area (Å²) in [4.78, 5) is 38.7. The molecule has 1 aromatic heterocycles. The molecule has 8 heteroatoms. The number of methoxy groups -OCH3 is 2. The predicted octanol–water partition coefficient (Wildman–Crippen LogP) is 1.59. The molecule has 0 aromatic carbocycles. The monoisotopic (exact) mass is 367 g/mol. The van der Waals surface area contributed by atoms with E-state index in [4.69, 9.17) is 15.2 Å². The van der Waals surface area contributed by atoms with Crippen molar-refractivity contribution in [3.05, 3.63) is 22.5 Å². The molecule has 1 heterocycles.